The molecule has 200 valence electrons. The Bertz CT molecular complexity index is 1670. The number of benzene rings is 2. The van der Waals surface area contributed by atoms with Gasteiger partial charge in [0.2, 0.25) is 0 Å². The van der Waals surface area contributed by atoms with E-state index in [4.69, 9.17) is 20.9 Å². The molecule has 0 bridgehead atoms. The first kappa shape index (κ1) is 25.9. The number of nitrogen functional groups attached to an aromatic ring is 2. The van der Waals surface area contributed by atoms with E-state index in [0.29, 0.717) is 47.0 Å². The van der Waals surface area contributed by atoms with Crippen LogP contribution in [0.1, 0.15) is 11.3 Å². The summed E-state index contributed by atoms with van der Waals surface area (Å²) in [4.78, 5) is 19.0. The van der Waals surface area contributed by atoms with Gasteiger partial charge in [-0.3, -0.25) is 0 Å². The van der Waals surface area contributed by atoms with Crippen LogP contribution in [0.25, 0.3) is 28.0 Å². The summed E-state index contributed by atoms with van der Waals surface area (Å²) >= 11 is 0. The van der Waals surface area contributed by atoms with Gasteiger partial charge in [-0.1, -0.05) is 0 Å². The molecule has 0 saturated heterocycles. The smallest absolute Gasteiger partial charge is 0.322 e. The average molecular weight is 529 g/mol. The fourth-order valence-corrected chi connectivity index (χ4v) is 4.34. The van der Waals surface area contributed by atoms with E-state index in [1.54, 1.807) is 37.4 Å². The van der Waals surface area contributed by atoms with E-state index in [9.17, 15) is 0 Å². The molecule has 0 aliphatic heterocycles. The molecule has 0 aliphatic rings. The summed E-state index contributed by atoms with van der Waals surface area (Å²) in [5.74, 6) is 0.239. The number of nitrogens with two attached hydrogens (primary N) is 2. The molecule has 0 saturated carbocycles. The molecule has 0 atom stereocenters. The van der Waals surface area contributed by atoms with E-state index >= 15 is 4.39 Å². The van der Waals surface area contributed by atoms with Crippen LogP contribution >= 0.6 is 0 Å². The van der Waals surface area contributed by atoms with Crippen LogP contribution in [0.5, 0.6) is 17.5 Å². The lowest BCUT2D eigenvalue weighted by molar-refractivity contribution is 0.262. The number of aromatic nitrogens is 5. The average Bonchev–Trinajstić information content (AvgIpc) is 3.18. The molecule has 0 unspecified atom stereocenters. The van der Waals surface area contributed by atoms with Crippen molar-refractivity contribution in [1.29, 1.82) is 0 Å². The normalized spacial score (nSPS) is 11.3. The first-order valence-corrected chi connectivity index (χ1v) is 12.3. The van der Waals surface area contributed by atoms with Crippen LogP contribution in [0.4, 0.5) is 15.9 Å². The lowest BCUT2D eigenvalue weighted by atomic mass is 10.1. The number of nitrogens with zero attached hydrogens (tertiary/aromatic N) is 6. The number of hydrogen-bond acceptors (Lipinski definition) is 9. The number of halogens is 1. The Hall–Kier alpha value is -4.77. The quantitative estimate of drug-likeness (QED) is 0.279. The lowest BCUT2D eigenvalue weighted by Crippen LogP contribution is -2.19. The van der Waals surface area contributed by atoms with Crippen molar-refractivity contribution in [3.63, 3.8) is 0 Å². The first-order chi connectivity index (χ1) is 18.7. The van der Waals surface area contributed by atoms with Gasteiger partial charge in [0.15, 0.2) is 17.4 Å². The molecule has 5 aromatic rings. The number of anilines is 2. The van der Waals surface area contributed by atoms with Crippen molar-refractivity contribution >= 4 is 22.5 Å². The molecule has 11 heteroatoms. The summed E-state index contributed by atoms with van der Waals surface area (Å²) in [6, 6.07) is 11.9. The monoisotopic (exact) mass is 528 g/mol. The Morgan fingerprint density at radius 1 is 0.974 bits per heavy atom. The molecule has 3 aromatic heterocycles. The summed E-state index contributed by atoms with van der Waals surface area (Å²) in [6.07, 6.45) is 2.97. The summed E-state index contributed by atoms with van der Waals surface area (Å²) in [6.45, 7) is 4.90. The van der Waals surface area contributed by atoms with E-state index in [1.807, 2.05) is 36.6 Å². The number of fused-ring (bicyclic) bond motifs is 1. The maximum absolute atomic E-state index is 15.4. The van der Waals surface area contributed by atoms with Gasteiger partial charge < -0.3 is 30.4 Å². The molecule has 2 aromatic carbocycles. The highest BCUT2D eigenvalue weighted by Crippen LogP contribution is 2.41. The third-order valence-corrected chi connectivity index (χ3v) is 6.21. The Balaban J connectivity index is 1.67. The third-order valence-electron chi connectivity index (χ3n) is 6.21. The second kappa shape index (κ2) is 10.5. The molecule has 0 fully saturated rings. The van der Waals surface area contributed by atoms with Gasteiger partial charge in [-0.15, -0.1) is 0 Å². The van der Waals surface area contributed by atoms with Crippen molar-refractivity contribution in [2.75, 3.05) is 38.7 Å². The summed E-state index contributed by atoms with van der Waals surface area (Å²) in [5.41, 5.74) is 17.7. The second-order valence-corrected chi connectivity index (χ2v) is 9.37. The van der Waals surface area contributed by atoms with E-state index < -0.39 is 5.82 Å². The predicted octanol–water partition coefficient (Wildman–Crippen LogP) is 4.53. The van der Waals surface area contributed by atoms with E-state index in [1.165, 1.54) is 18.5 Å². The van der Waals surface area contributed by atoms with Crippen LogP contribution in [-0.2, 0) is 0 Å². The molecule has 0 aliphatic carbocycles. The van der Waals surface area contributed by atoms with Gasteiger partial charge in [0, 0.05) is 53.1 Å². The number of hydrogen-bond donors (Lipinski definition) is 2. The van der Waals surface area contributed by atoms with Crippen LogP contribution in [0.2, 0.25) is 0 Å². The highest BCUT2D eigenvalue weighted by atomic mass is 19.1. The highest BCUT2D eigenvalue weighted by Gasteiger charge is 2.24. The molecular formula is C28H29FN8O2. The maximum Gasteiger partial charge on any atom is 0.322 e. The maximum atomic E-state index is 15.4. The molecule has 0 amide bonds. The standard InChI is InChI=1S/C28H29FN8O2/c1-16-9-10-32-28(35-16)39-22-8-6-19(14-21(22)29)37-25(17(2)24-26(37)27(31)34-15-33-24)20-7-5-18(30)13-23(20)38-12-11-36(3)4/h5-10,13-15H,11-12,30H2,1-4H3,(H2,31,33,34). The molecule has 5 rings (SSSR count). The topological polar surface area (TPSA) is 130 Å². The molecule has 3 heterocycles. The number of likely N-dealkylation sites (N-methyl/N-ethyl adjacent to an activating group) is 1. The minimum Gasteiger partial charge on any atom is -0.491 e. The first-order valence-electron chi connectivity index (χ1n) is 12.3. The number of rotatable bonds is 8. The van der Waals surface area contributed by atoms with Crippen LogP contribution in [0.3, 0.4) is 0 Å². The van der Waals surface area contributed by atoms with Gasteiger partial charge in [-0.05, 0) is 58.3 Å². The minimum absolute atomic E-state index is 0.0106. The van der Waals surface area contributed by atoms with E-state index in [2.05, 4.69) is 19.9 Å². The Kier molecular flexibility index (Phi) is 6.99. The fourth-order valence-electron chi connectivity index (χ4n) is 4.34. The summed E-state index contributed by atoms with van der Waals surface area (Å²) in [5, 5.41) is 0. The lowest BCUT2D eigenvalue weighted by Gasteiger charge is -2.18. The van der Waals surface area contributed by atoms with Gasteiger partial charge in [0.25, 0.3) is 0 Å². The molecule has 10 nitrogen and oxygen atoms in total. The molecule has 0 spiro atoms. The van der Waals surface area contributed by atoms with E-state index in [0.717, 1.165) is 16.8 Å². The summed E-state index contributed by atoms with van der Waals surface area (Å²) < 4.78 is 29.0. The molecule has 39 heavy (non-hydrogen) atoms. The highest BCUT2D eigenvalue weighted by molar-refractivity contribution is 5.97. The number of ether oxygens (including phenoxy) is 2. The van der Waals surface area contributed by atoms with Gasteiger partial charge in [0.05, 0.1) is 11.2 Å². The largest absolute Gasteiger partial charge is 0.491 e. The fraction of sp³-hybridized carbons (Fsp3) is 0.214. The van der Waals surface area contributed by atoms with Gasteiger partial charge in [-0.25, -0.2) is 24.3 Å². The third kappa shape index (κ3) is 5.16. The molecule has 4 N–H and O–H groups in total. The summed E-state index contributed by atoms with van der Waals surface area (Å²) in [7, 11) is 3.94. The zero-order valence-corrected chi connectivity index (χ0v) is 22.1. The van der Waals surface area contributed by atoms with E-state index in [-0.39, 0.29) is 17.6 Å². The van der Waals surface area contributed by atoms with Gasteiger partial charge >= 0.3 is 6.01 Å². The molecule has 0 radical (unpaired) electrons. The van der Waals surface area contributed by atoms with Crippen molar-refractivity contribution in [1.82, 2.24) is 29.4 Å². The van der Waals surface area contributed by atoms with Crippen LogP contribution < -0.4 is 20.9 Å². The Labute approximate surface area is 225 Å². The van der Waals surface area contributed by atoms with Crippen molar-refractivity contribution in [3.05, 3.63) is 72.1 Å². The minimum atomic E-state index is -0.599. The zero-order chi connectivity index (χ0) is 27.7. The van der Waals surface area contributed by atoms with Gasteiger partial charge in [0.1, 0.15) is 24.2 Å². The second-order valence-electron chi connectivity index (χ2n) is 9.37. The van der Waals surface area contributed by atoms with Crippen LogP contribution in [0, 0.1) is 19.7 Å². The van der Waals surface area contributed by atoms with Crippen molar-refractivity contribution < 1.29 is 13.9 Å². The van der Waals surface area contributed by atoms with Crippen LogP contribution in [-0.4, -0.2) is 56.6 Å². The molecular weight excluding hydrogens is 499 g/mol. The number of aryl methyl sites for hydroxylation is 2. The van der Waals surface area contributed by atoms with Crippen molar-refractivity contribution in [2.45, 2.75) is 13.8 Å². The van der Waals surface area contributed by atoms with Gasteiger partial charge in [-0.2, -0.15) is 0 Å². The van der Waals surface area contributed by atoms with Crippen molar-refractivity contribution in [3.8, 4) is 34.5 Å². The van der Waals surface area contributed by atoms with Crippen LogP contribution in [0.15, 0.2) is 55.0 Å². The van der Waals surface area contributed by atoms with Crippen molar-refractivity contribution in [2.24, 2.45) is 0 Å². The Morgan fingerprint density at radius 3 is 2.54 bits per heavy atom. The predicted molar refractivity (Wildman–Crippen MR) is 149 cm³/mol. The zero-order valence-electron chi connectivity index (χ0n) is 22.1. The SMILES string of the molecule is Cc1ccnc(Oc2ccc(-n3c(-c4ccc(N)cc4OCCN(C)C)c(C)c4ncnc(N)c43)cc2F)n1. The Morgan fingerprint density at radius 2 is 1.79 bits per heavy atom.